The van der Waals surface area contributed by atoms with E-state index in [4.69, 9.17) is 4.74 Å². The van der Waals surface area contributed by atoms with Crippen molar-refractivity contribution >= 4 is 39.8 Å². The van der Waals surface area contributed by atoms with E-state index in [9.17, 15) is 18.8 Å². The predicted molar refractivity (Wildman–Crippen MR) is 160 cm³/mol. The summed E-state index contributed by atoms with van der Waals surface area (Å²) in [6.45, 7) is 1.65. The minimum atomic E-state index is -3.12. The lowest BCUT2D eigenvalue weighted by atomic mass is 10.1. The number of amides is 1. The molecule has 1 amide bonds. The lowest BCUT2D eigenvalue weighted by Gasteiger charge is -2.26. The second kappa shape index (κ2) is 13.4. The molecular formula is C30H30F2N8O2. The average molecular weight is 573 g/mol. The second-order valence-electron chi connectivity index (χ2n) is 9.49. The highest BCUT2D eigenvalue weighted by Gasteiger charge is 2.20. The van der Waals surface area contributed by atoms with E-state index >= 15 is 0 Å². The molecule has 0 atom stereocenters. The number of H-pyrrole nitrogens is 1. The monoisotopic (exact) mass is 572 g/mol. The Morgan fingerprint density at radius 3 is 2.71 bits per heavy atom. The molecule has 2 aromatic heterocycles. The molecule has 0 saturated heterocycles. The zero-order valence-corrected chi connectivity index (χ0v) is 23.4. The van der Waals surface area contributed by atoms with Gasteiger partial charge in [-0.15, -0.1) is 0 Å². The number of alkyl halides is 2. The number of rotatable bonds is 12. The maximum Gasteiger partial charge on any atom is 0.387 e. The second-order valence-corrected chi connectivity index (χ2v) is 9.49. The molecule has 0 aliphatic carbocycles. The van der Waals surface area contributed by atoms with E-state index in [1.54, 1.807) is 13.2 Å². The number of anilines is 4. The summed E-state index contributed by atoms with van der Waals surface area (Å²) in [7, 11) is 5.61. The highest BCUT2D eigenvalue weighted by atomic mass is 19.3. The Hall–Kier alpha value is -5.28. The SMILES string of the molecule is C=C/C=C\C(=O)Nc1cc(Nc2ncc(C#N)c(-c3c[nH]c4ccccc34)n2)c(OC(F)F)cc1N(C)CCN(C)C. The molecule has 0 fully saturated rings. The van der Waals surface area contributed by atoms with Crippen molar-refractivity contribution in [2.45, 2.75) is 6.61 Å². The number of halogens is 2. The molecule has 0 unspecified atom stereocenters. The van der Waals surface area contributed by atoms with Crippen LogP contribution in [0.1, 0.15) is 5.56 Å². The van der Waals surface area contributed by atoms with Crippen molar-refractivity contribution < 1.29 is 18.3 Å². The number of benzene rings is 2. The first kappa shape index (κ1) is 29.7. The number of aromatic amines is 1. The highest BCUT2D eigenvalue weighted by Crippen LogP contribution is 2.39. The Kier molecular flexibility index (Phi) is 9.46. The molecule has 10 nitrogen and oxygen atoms in total. The van der Waals surface area contributed by atoms with E-state index in [1.165, 1.54) is 36.6 Å². The van der Waals surface area contributed by atoms with Crippen molar-refractivity contribution in [1.82, 2.24) is 19.9 Å². The largest absolute Gasteiger partial charge is 0.433 e. The Morgan fingerprint density at radius 2 is 2.00 bits per heavy atom. The summed E-state index contributed by atoms with van der Waals surface area (Å²) in [5.74, 6) is -0.592. The molecule has 4 aromatic rings. The van der Waals surface area contributed by atoms with Gasteiger partial charge in [0.1, 0.15) is 6.07 Å². The Balaban J connectivity index is 1.79. The van der Waals surface area contributed by atoms with E-state index < -0.39 is 12.5 Å². The number of likely N-dealkylation sites (N-methyl/N-ethyl adjacent to an activating group) is 2. The Labute approximate surface area is 241 Å². The third kappa shape index (κ3) is 7.07. The van der Waals surface area contributed by atoms with Gasteiger partial charge in [-0.1, -0.05) is 36.9 Å². The molecule has 3 N–H and O–H groups in total. The summed E-state index contributed by atoms with van der Waals surface area (Å²) in [6, 6.07) is 12.6. The van der Waals surface area contributed by atoms with Gasteiger partial charge in [-0.2, -0.15) is 14.0 Å². The van der Waals surface area contributed by atoms with Gasteiger partial charge >= 0.3 is 6.61 Å². The number of nitrogens with zero attached hydrogens (tertiary/aromatic N) is 5. The van der Waals surface area contributed by atoms with Crippen molar-refractivity contribution in [2.24, 2.45) is 0 Å². The van der Waals surface area contributed by atoms with Crippen LogP contribution in [-0.2, 0) is 4.79 Å². The topological polar surface area (TPSA) is 122 Å². The summed E-state index contributed by atoms with van der Waals surface area (Å²) >= 11 is 0. The molecule has 4 rings (SSSR count). The normalized spacial score (nSPS) is 11.2. The first-order chi connectivity index (χ1) is 20.2. The number of carbonyl (C=O) groups excluding carboxylic acids is 1. The summed E-state index contributed by atoms with van der Waals surface area (Å²) in [5.41, 5.74) is 3.00. The molecule has 0 spiro atoms. The number of nitrogens with one attached hydrogen (secondary N) is 3. The van der Waals surface area contributed by atoms with Crippen LogP contribution in [0.15, 0.2) is 73.6 Å². The van der Waals surface area contributed by atoms with Crippen LogP contribution in [0, 0.1) is 11.3 Å². The zero-order chi connectivity index (χ0) is 30.2. The Bertz CT molecular complexity index is 1660. The molecule has 0 aliphatic rings. The van der Waals surface area contributed by atoms with Crippen molar-refractivity contribution in [1.29, 1.82) is 5.26 Å². The van der Waals surface area contributed by atoms with Gasteiger partial charge < -0.3 is 30.2 Å². The molecule has 2 aromatic carbocycles. The van der Waals surface area contributed by atoms with E-state index in [0.29, 0.717) is 35.7 Å². The van der Waals surface area contributed by atoms with Crippen molar-refractivity contribution in [2.75, 3.05) is 49.8 Å². The molecule has 12 heteroatoms. The number of allylic oxidation sites excluding steroid dienone is 2. The molecule has 2 heterocycles. The minimum absolute atomic E-state index is 0.0333. The van der Waals surface area contributed by atoms with Gasteiger partial charge in [0.15, 0.2) is 5.75 Å². The van der Waals surface area contributed by atoms with Crippen LogP contribution < -0.4 is 20.3 Å². The summed E-state index contributed by atoms with van der Waals surface area (Å²) in [4.78, 5) is 28.3. The lowest BCUT2D eigenvalue weighted by Crippen LogP contribution is -2.29. The zero-order valence-electron chi connectivity index (χ0n) is 23.4. The van der Waals surface area contributed by atoms with Gasteiger partial charge in [-0.05, 0) is 26.2 Å². The van der Waals surface area contributed by atoms with Gasteiger partial charge in [0.05, 0.1) is 34.5 Å². The number of hydrogen-bond donors (Lipinski definition) is 3. The average Bonchev–Trinajstić information content (AvgIpc) is 3.40. The van der Waals surface area contributed by atoms with Crippen molar-refractivity contribution in [3.8, 4) is 23.1 Å². The fourth-order valence-electron chi connectivity index (χ4n) is 4.19. The molecule has 216 valence electrons. The number of fused-ring (bicyclic) bond motifs is 1. The number of carbonyl (C=O) groups is 1. The number of para-hydroxylation sites is 1. The number of hydrogen-bond acceptors (Lipinski definition) is 8. The van der Waals surface area contributed by atoms with Gasteiger partial charge in [0, 0.05) is 54.9 Å². The summed E-state index contributed by atoms with van der Waals surface area (Å²) in [6.07, 6.45) is 7.33. The van der Waals surface area contributed by atoms with E-state index in [2.05, 4.69) is 38.2 Å². The maximum atomic E-state index is 13.5. The third-order valence-corrected chi connectivity index (χ3v) is 6.25. The first-order valence-electron chi connectivity index (χ1n) is 12.9. The van der Waals surface area contributed by atoms with Crippen LogP contribution in [0.5, 0.6) is 5.75 Å². The standard InChI is InChI=1S/C30H30F2N8O2/c1-5-6-11-27(41)36-23-14-24(26(42-29(31)32)15-25(23)40(4)13-12-39(2)3)37-30-35-17-19(16-33)28(38-30)21-18-34-22-10-8-7-9-20(21)22/h5-11,14-15,17-18,29,34H,1,12-13H2,2-4H3,(H,36,41)(H,35,37,38)/b11-6-. The van der Waals surface area contributed by atoms with Gasteiger partial charge in [-0.25, -0.2) is 9.97 Å². The number of nitriles is 1. The number of ether oxygens (including phenoxy) is 1. The molecule has 42 heavy (non-hydrogen) atoms. The highest BCUT2D eigenvalue weighted by molar-refractivity contribution is 6.02. The van der Waals surface area contributed by atoms with E-state index in [0.717, 1.165) is 10.9 Å². The smallest absolute Gasteiger partial charge is 0.387 e. The fraction of sp³-hybridized carbons (Fsp3) is 0.200. The maximum absolute atomic E-state index is 13.5. The van der Waals surface area contributed by atoms with Crippen molar-refractivity contribution in [3.05, 3.63) is 79.2 Å². The van der Waals surface area contributed by atoms with Crippen LogP contribution in [-0.4, -0.2) is 66.6 Å². The van der Waals surface area contributed by atoms with Gasteiger partial charge in [-0.3, -0.25) is 4.79 Å². The summed E-state index contributed by atoms with van der Waals surface area (Å²) < 4.78 is 32.0. The summed E-state index contributed by atoms with van der Waals surface area (Å²) in [5, 5.41) is 16.3. The van der Waals surface area contributed by atoms with Gasteiger partial charge in [0.2, 0.25) is 11.9 Å². The molecule has 0 aliphatic heterocycles. The van der Waals surface area contributed by atoms with Crippen LogP contribution in [0.3, 0.4) is 0 Å². The number of aromatic nitrogens is 3. The van der Waals surface area contributed by atoms with Crippen molar-refractivity contribution in [3.63, 3.8) is 0 Å². The molecule has 0 radical (unpaired) electrons. The molecular weight excluding hydrogens is 542 g/mol. The fourth-order valence-corrected chi connectivity index (χ4v) is 4.19. The Morgan fingerprint density at radius 1 is 1.21 bits per heavy atom. The predicted octanol–water partition coefficient (Wildman–Crippen LogP) is 5.52. The van der Waals surface area contributed by atoms with E-state index in [1.807, 2.05) is 48.2 Å². The van der Waals surface area contributed by atoms with Crippen LogP contribution in [0.25, 0.3) is 22.2 Å². The van der Waals surface area contributed by atoms with Crippen LogP contribution in [0.4, 0.5) is 31.8 Å². The van der Waals surface area contributed by atoms with Gasteiger partial charge in [0.25, 0.3) is 0 Å². The quantitative estimate of drug-likeness (QED) is 0.150. The first-order valence-corrected chi connectivity index (χ1v) is 12.9. The minimum Gasteiger partial charge on any atom is -0.433 e. The molecule has 0 bridgehead atoms. The van der Waals surface area contributed by atoms with Crippen LogP contribution >= 0.6 is 0 Å². The lowest BCUT2D eigenvalue weighted by molar-refractivity contribution is -0.111. The molecule has 0 saturated carbocycles. The van der Waals surface area contributed by atoms with Crippen LogP contribution in [0.2, 0.25) is 0 Å². The third-order valence-electron chi connectivity index (χ3n) is 6.25. The van der Waals surface area contributed by atoms with E-state index in [-0.39, 0.29) is 22.9 Å².